The number of fused-ring (bicyclic) bond motifs is 1. The predicted molar refractivity (Wildman–Crippen MR) is 62.6 cm³/mol. The molecule has 1 heterocycles. The fourth-order valence-corrected chi connectivity index (χ4v) is 1.74. The molecule has 0 aliphatic carbocycles. The van der Waals surface area contributed by atoms with Crippen molar-refractivity contribution in [2.24, 2.45) is 0 Å². The van der Waals surface area contributed by atoms with Gasteiger partial charge in [-0.05, 0) is 17.7 Å². The van der Waals surface area contributed by atoms with E-state index in [4.69, 9.17) is 16.7 Å². The van der Waals surface area contributed by atoms with Gasteiger partial charge in [0.2, 0.25) is 0 Å². The van der Waals surface area contributed by atoms with Gasteiger partial charge in [0, 0.05) is 5.39 Å². The van der Waals surface area contributed by atoms with Gasteiger partial charge in [-0.15, -0.1) is 0 Å². The molecular weight excluding hydrogens is 244 g/mol. The first-order chi connectivity index (χ1) is 8.13. The van der Waals surface area contributed by atoms with Gasteiger partial charge in [0.1, 0.15) is 23.7 Å². The minimum Gasteiger partial charge on any atom is -0.394 e. The third kappa shape index (κ3) is 2.37. The van der Waals surface area contributed by atoms with Gasteiger partial charge in [0.15, 0.2) is 0 Å². The van der Waals surface area contributed by atoms with Crippen LogP contribution in [0.4, 0.5) is 0 Å². The van der Waals surface area contributed by atoms with E-state index >= 15 is 0 Å². The molecule has 0 fully saturated rings. The Kier molecular flexibility index (Phi) is 3.54. The maximum Gasteiger partial charge on any atom is 0.140 e. The summed E-state index contributed by atoms with van der Waals surface area (Å²) < 4.78 is 0. The van der Waals surface area contributed by atoms with Gasteiger partial charge in [-0.1, -0.05) is 17.7 Å². The van der Waals surface area contributed by atoms with Gasteiger partial charge in [-0.3, -0.25) is 0 Å². The largest absolute Gasteiger partial charge is 0.394 e. The average Bonchev–Trinajstić information content (AvgIpc) is 2.37. The summed E-state index contributed by atoms with van der Waals surface area (Å²) in [5.41, 5.74) is 1.11. The van der Waals surface area contributed by atoms with E-state index in [1.54, 1.807) is 18.2 Å². The molecule has 5 nitrogen and oxygen atoms in total. The van der Waals surface area contributed by atoms with Crippen molar-refractivity contribution in [1.82, 2.24) is 9.97 Å². The van der Waals surface area contributed by atoms with Crippen molar-refractivity contribution >= 4 is 22.5 Å². The van der Waals surface area contributed by atoms with Crippen molar-refractivity contribution in [3.63, 3.8) is 0 Å². The first-order valence-electron chi connectivity index (χ1n) is 5.00. The Balaban J connectivity index is 2.47. The average molecular weight is 255 g/mol. The number of benzene rings is 1. The third-order valence-corrected chi connectivity index (χ3v) is 2.80. The number of aliphatic hydroxyl groups excluding tert-OH is 3. The molecule has 2 unspecified atom stereocenters. The Morgan fingerprint density at radius 2 is 2.00 bits per heavy atom. The molecule has 0 aliphatic heterocycles. The summed E-state index contributed by atoms with van der Waals surface area (Å²) in [6, 6.07) is 4.89. The van der Waals surface area contributed by atoms with Crippen LogP contribution in [0.3, 0.4) is 0 Å². The zero-order valence-corrected chi connectivity index (χ0v) is 9.54. The lowest BCUT2D eigenvalue weighted by molar-refractivity contribution is -0.0152. The Bertz CT molecular complexity index is 535. The molecule has 2 atom stereocenters. The number of halogens is 1. The minimum atomic E-state index is -1.23. The number of rotatable bonds is 3. The Morgan fingerprint density at radius 1 is 1.24 bits per heavy atom. The van der Waals surface area contributed by atoms with Crippen LogP contribution in [0.2, 0.25) is 5.15 Å². The van der Waals surface area contributed by atoms with Gasteiger partial charge in [-0.25, -0.2) is 9.97 Å². The minimum absolute atomic E-state index is 0.280. The Hall–Kier alpha value is -1.27. The maximum atomic E-state index is 9.75. The molecular formula is C11H11ClN2O3. The summed E-state index contributed by atoms with van der Waals surface area (Å²) >= 11 is 5.90. The van der Waals surface area contributed by atoms with E-state index < -0.39 is 18.8 Å². The normalized spacial score (nSPS) is 14.8. The summed E-state index contributed by atoms with van der Waals surface area (Å²) in [5, 5.41) is 28.7. The first-order valence-corrected chi connectivity index (χ1v) is 5.38. The molecule has 2 rings (SSSR count). The van der Waals surface area contributed by atoms with Crippen molar-refractivity contribution in [1.29, 1.82) is 0 Å². The zero-order valence-electron chi connectivity index (χ0n) is 8.79. The topological polar surface area (TPSA) is 86.5 Å². The highest BCUT2D eigenvalue weighted by Crippen LogP contribution is 2.24. The van der Waals surface area contributed by atoms with Gasteiger partial charge in [0.05, 0.1) is 12.1 Å². The summed E-state index contributed by atoms with van der Waals surface area (Å²) in [5.74, 6) is 0. The second-order valence-corrected chi connectivity index (χ2v) is 3.99. The molecule has 1 aromatic heterocycles. The molecule has 0 bridgehead atoms. The van der Waals surface area contributed by atoms with Crippen LogP contribution in [-0.4, -0.2) is 38.0 Å². The monoisotopic (exact) mass is 254 g/mol. The van der Waals surface area contributed by atoms with Crippen LogP contribution in [0.25, 0.3) is 10.9 Å². The lowest BCUT2D eigenvalue weighted by Gasteiger charge is -2.16. The molecule has 6 heteroatoms. The Morgan fingerprint density at radius 3 is 2.71 bits per heavy atom. The molecule has 0 amide bonds. The maximum absolute atomic E-state index is 9.75. The first kappa shape index (κ1) is 12.2. The quantitative estimate of drug-likeness (QED) is 0.701. The number of hydrogen-bond donors (Lipinski definition) is 3. The fraction of sp³-hybridized carbons (Fsp3) is 0.273. The van der Waals surface area contributed by atoms with Gasteiger partial charge in [0.25, 0.3) is 0 Å². The van der Waals surface area contributed by atoms with Crippen LogP contribution in [0.5, 0.6) is 0 Å². The standard InChI is InChI=1S/C11H11ClN2O3/c12-11-7-3-6(10(17)9(16)4-15)1-2-8(7)13-5-14-11/h1-3,5,9-10,15-17H,4H2. The molecule has 2 aromatic rings. The molecule has 0 radical (unpaired) electrons. The summed E-state index contributed by atoms with van der Waals surface area (Å²) in [7, 11) is 0. The molecule has 1 aromatic carbocycles. The molecule has 17 heavy (non-hydrogen) atoms. The fourth-order valence-electron chi connectivity index (χ4n) is 1.55. The number of hydrogen-bond acceptors (Lipinski definition) is 5. The van der Waals surface area contributed by atoms with Crippen LogP contribution >= 0.6 is 11.6 Å². The van der Waals surface area contributed by atoms with Crippen molar-refractivity contribution in [3.05, 3.63) is 35.2 Å². The Labute approximate surface area is 102 Å². The van der Waals surface area contributed by atoms with E-state index in [0.717, 1.165) is 0 Å². The highest BCUT2D eigenvalue weighted by Gasteiger charge is 2.18. The molecule has 90 valence electrons. The van der Waals surface area contributed by atoms with E-state index in [2.05, 4.69) is 9.97 Å². The van der Waals surface area contributed by atoms with Crippen LogP contribution in [-0.2, 0) is 0 Å². The van der Waals surface area contributed by atoms with Gasteiger partial charge < -0.3 is 15.3 Å². The second kappa shape index (κ2) is 4.93. The summed E-state index contributed by atoms with van der Waals surface area (Å²) in [6.07, 6.45) is -1.04. The lowest BCUT2D eigenvalue weighted by Crippen LogP contribution is -2.21. The smallest absolute Gasteiger partial charge is 0.140 e. The highest BCUT2D eigenvalue weighted by molar-refractivity contribution is 6.34. The SMILES string of the molecule is OCC(O)C(O)c1ccc2ncnc(Cl)c2c1. The van der Waals surface area contributed by atoms with Crippen LogP contribution in [0.1, 0.15) is 11.7 Å². The zero-order chi connectivity index (χ0) is 12.4. The summed E-state index contributed by atoms with van der Waals surface area (Å²) in [6.45, 7) is -0.516. The van der Waals surface area contributed by atoms with E-state index in [0.29, 0.717) is 16.5 Å². The second-order valence-electron chi connectivity index (χ2n) is 3.64. The van der Waals surface area contributed by atoms with Crippen LogP contribution in [0, 0.1) is 0 Å². The molecule has 0 saturated heterocycles. The van der Waals surface area contributed by atoms with E-state index in [-0.39, 0.29) is 5.15 Å². The van der Waals surface area contributed by atoms with Crippen molar-refractivity contribution < 1.29 is 15.3 Å². The lowest BCUT2D eigenvalue weighted by atomic mass is 10.0. The number of aliphatic hydroxyl groups is 3. The third-order valence-electron chi connectivity index (χ3n) is 2.50. The molecule has 0 saturated carbocycles. The molecule has 0 spiro atoms. The summed E-state index contributed by atoms with van der Waals surface area (Å²) in [4.78, 5) is 7.85. The molecule has 0 aliphatic rings. The van der Waals surface area contributed by atoms with Crippen LogP contribution < -0.4 is 0 Å². The van der Waals surface area contributed by atoms with Crippen molar-refractivity contribution in [2.75, 3.05) is 6.61 Å². The van der Waals surface area contributed by atoms with E-state index in [1.165, 1.54) is 6.33 Å². The van der Waals surface area contributed by atoms with E-state index in [1.807, 2.05) is 0 Å². The van der Waals surface area contributed by atoms with Crippen LogP contribution in [0.15, 0.2) is 24.5 Å². The van der Waals surface area contributed by atoms with Crippen molar-refractivity contribution in [3.8, 4) is 0 Å². The van der Waals surface area contributed by atoms with E-state index in [9.17, 15) is 10.2 Å². The molecule has 3 N–H and O–H groups in total. The van der Waals surface area contributed by atoms with Gasteiger partial charge in [-0.2, -0.15) is 0 Å². The van der Waals surface area contributed by atoms with Crippen molar-refractivity contribution in [2.45, 2.75) is 12.2 Å². The number of aromatic nitrogens is 2. The highest BCUT2D eigenvalue weighted by atomic mass is 35.5. The number of nitrogens with zero attached hydrogens (tertiary/aromatic N) is 2. The predicted octanol–water partition coefficient (Wildman–Crippen LogP) is 0.670. The van der Waals surface area contributed by atoms with Gasteiger partial charge >= 0.3 is 0 Å².